The van der Waals surface area contributed by atoms with Gasteiger partial charge in [-0.25, -0.2) is 12.7 Å². The van der Waals surface area contributed by atoms with E-state index < -0.39 is 15.9 Å². The predicted molar refractivity (Wildman–Crippen MR) is 105 cm³/mol. The van der Waals surface area contributed by atoms with E-state index in [0.29, 0.717) is 22.7 Å². The Morgan fingerprint density at radius 3 is 2.41 bits per heavy atom. The van der Waals surface area contributed by atoms with Gasteiger partial charge in [0.25, 0.3) is 0 Å². The van der Waals surface area contributed by atoms with Crippen molar-refractivity contribution >= 4 is 27.7 Å². The first kappa shape index (κ1) is 20.5. The number of sulfonamides is 1. The highest BCUT2D eigenvalue weighted by atomic mass is 32.2. The number of para-hydroxylation sites is 1. The summed E-state index contributed by atoms with van der Waals surface area (Å²) in [7, 11) is 2.38. The van der Waals surface area contributed by atoms with Crippen LogP contribution in [0.3, 0.4) is 0 Å². The van der Waals surface area contributed by atoms with Crippen molar-refractivity contribution in [1.82, 2.24) is 4.31 Å². The van der Waals surface area contributed by atoms with E-state index in [2.05, 4.69) is 5.32 Å². The maximum atomic E-state index is 12.2. The van der Waals surface area contributed by atoms with E-state index in [-0.39, 0.29) is 4.90 Å². The fourth-order valence-electron chi connectivity index (χ4n) is 2.34. The van der Waals surface area contributed by atoms with E-state index in [0.717, 1.165) is 4.31 Å². The molecule has 7 nitrogen and oxygen atoms in total. The lowest BCUT2D eigenvalue weighted by atomic mass is 10.1. The molecule has 1 N–H and O–H groups in total. The number of nitrogens with zero attached hydrogens (tertiary/aromatic N) is 1. The van der Waals surface area contributed by atoms with Crippen molar-refractivity contribution in [2.45, 2.75) is 4.90 Å². The van der Waals surface area contributed by atoms with Crippen LogP contribution in [-0.2, 0) is 14.8 Å². The normalized spacial score (nSPS) is 11.6. The van der Waals surface area contributed by atoms with E-state index in [1.807, 2.05) is 0 Å². The highest BCUT2D eigenvalue weighted by Gasteiger charge is 2.17. The van der Waals surface area contributed by atoms with Gasteiger partial charge in [0.05, 0.1) is 19.1 Å². The summed E-state index contributed by atoms with van der Waals surface area (Å²) in [6.07, 6.45) is 2.93. The van der Waals surface area contributed by atoms with Crippen molar-refractivity contribution in [2.75, 3.05) is 33.6 Å². The number of ether oxygens (including phenoxy) is 2. The lowest BCUT2D eigenvalue weighted by Crippen LogP contribution is -2.22. The molecule has 0 bridgehead atoms. The van der Waals surface area contributed by atoms with Crippen molar-refractivity contribution in [3.05, 3.63) is 54.1 Å². The molecule has 27 heavy (non-hydrogen) atoms. The van der Waals surface area contributed by atoms with Crippen LogP contribution in [0.5, 0.6) is 11.5 Å². The van der Waals surface area contributed by atoms with Gasteiger partial charge in [-0.15, -0.1) is 0 Å². The summed E-state index contributed by atoms with van der Waals surface area (Å²) in [6, 6.07) is 11.4. The number of amides is 1. The molecule has 144 valence electrons. The molecule has 0 aliphatic rings. The van der Waals surface area contributed by atoms with E-state index in [1.54, 1.807) is 36.4 Å². The summed E-state index contributed by atoms with van der Waals surface area (Å²) in [5.74, 6) is 0.670. The maximum Gasteiger partial charge on any atom is 0.248 e. The van der Waals surface area contributed by atoms with Crippen LogP contribution in [0, 0.1) is 0 Å². The summed E-state index contributed by atoms with van der Waals surface area (Å²) >= 11 is 0. The minimum absolute atomic E-state index is 0.101. The van der Waals surface area contributed by atoms with Gasteiger partial charge in [0.1, 0.15) is 0 Å². The Kier molecular flexibility index (Phi) is 6.59. The molecule has 0 radical (unpaired) electrons. The van der Waals surface area contributed by atoms with Gasteiger partial charge in [0.2, 0.25) is 15.9 Å². The molecule has 2 aromatic rings. The van der Waals surface area contributed by atoms with Crippen LogP contribution in [-0.4, -0.2) is 46.9 Å². The molecule has 0 aliphatic carbocycles. The third-order valence-corrected chi connectivity index (χ3v) is 5.54. The second kappa shape index (κ2) is 8.70. The molecule has 1 amide bonds. The molecule has 0 aliphatic heterocycles. The number of nitrogens with one attached hydrogen (secondary N) is 1. The van der Waals surface area contributed by atoms with Crippen LogP contribution in [0.25, 0.3) is 6.08 Å². The Hall–Kier alpha value is -2.84. The SMILES string of the molecule is COc1cccc(/C=C/C(=O)Nc2cccc(S(=O)(=O)N(C)C)c2)c1OC. The van der Waals surface area contributed by atoms with Crippen LogP contribution in [0.1, 0.15) is 5.56 Å². The van der Waals surface area contributed by atoms with Crippen LogP contribution in [0.15, 0.2) is 53.4 Å². The van der Waals surface area contributed by atoms with Crippen molar-refractivity contribution in [2.24, 2.45) is 0 Å². The van der Waals surface area contributed by atoms with E-state index in [9.17, 15) is 13.2 Å². The summed E-state index contributed by atoms with van der Waals surface area (Å²) in [5.41, 5.74) is 1.06. The Morgan fingerprint density at radius 1 is 1.07 bits per heavy atom. The summed E-state index contributed by atoms with van der Waals surface area (Å²) in [6.45, 7) is 0. The molecule has 0 saturated carbocycles. The summed E-state index contributed by atoms with van der Waals surface area (Å²) < 4.78 is 36.0. The minimum Gasteiger partial charge on any atom is -0.493 e. The van der Waals surface area contributed by atoms with Gasteiger partial charge >= 0.3 is 0 Å². The predicted octanol–water partition coefficient (Wildman–Crippen LogP) is 2.61. The van der Waals surface area contributed by atoms with Crippen LogP contribution < -0.4 is 14.8 Å². The highest BCUT2D eigenvalue weighted by Crippen LogP contribution is 2.31. The highest BCUT2D eigenvalue weighted by molar-refractivity contribution is 7.89. The molecule has 8 heteroatoms. The van der Waals surface area contributed by atoms with Gasteiger partial charge in [0, 0.05) is 31.4 Å². The lowest BCUT2D eigenvalue weighted by molar-refractivity contribution is -0.111. The Labute approximate surface area is 159 Å². The number of hydrogen-bond donors (Lipinski definition) is 1. The number of carbonyl (C=O) groups is 1. The number of rotatable bonds is 7. The zero-order chi connectivity index (χ0) is 20.0. The molecule has 0 saturated heterocycles. The minimum atomic E-state index is -3.57. The Morgan fingerprint density at radius 2 is 1.78 bits per heavy atom. The zero-order valence-electron chi connectivity index (χ0n) is 15.6. The second-order valence-corrected chi connectivity index (χ2v) is 7.87. The molecular weight excluding hydrogens is 368 g/mol. The van der Waals surface area contributed by atoms with Gasteiger partial charge in [-0.3, -0.25) is 4.79 Å². The average molecular weight is 390 g/mol. The van der Waals surface area contributed by atoms with Crippen molar-refractivity contribution < 1.29 is 22.7 Å². The molecule has 0 aromatic heterocycles. The maximum absolute atomic E-state index is 12.2. The molecule has 0 heterocycles. The second-order valence-electron chi connectivity index (χ2n) is 5.72. The summed E-state index contributed by atoms with van der Waals surface area (Å²) in [5, 5.41) is 2.65. The largest absolute Gasteiger partial charge is 0.493 e. The first-order valence-electron chi connectivity index (χ1n) is 8.02. The van der Waals surface area contributed by atoms with Gasteiger partial charge in [-0.05, 0) is 30.3 Å². The van der Waals surface area contributed by atoms with Crippen LogP contribution in [0.2, 0.25) is 0 Å². The van der Waals surface area contributed by atoms with Crippen molar-refractivity contribution in [1.29, 1.82) is 0 Å². The fraction of sp³-hybridized carbons (Fsp3) is 0.211. The molecule has 0 spiro atoms. The van der Waals surface area contributed by atoms with E-state index >= 15 is 0 Å². The monoisotopic (exact) mass is 390 g/mol. The van der Waals surface area contributed by atoms with Gasteiger partial charge in [0.15, 0.2) is 11.5 Å². The fourth-order valence-corrected chi connectivity index (χ4v) is 3.29. The topological polar surface area (TPSA) is 84.9 Å². The van der Waals surface area contributed by atoms with Crippen molar-refractivity contribution in [3.63, 3.8) is 0 Å². The van der Waals surface area contributed by atoms with E-state index in [4.69, 9.17) is 9.47 Å². The summed E-state index contributed by atoms with van der Waals surface area (Å²) in [4.78, 5) is 12.3. The van der Waals surface area contributed by atoms with Gasteiger partial charge in [-0.1, -0.05) is 18.2 Å². The molecule has 2 rings (SSSR count). The number of anilines is 1. The Balaban J connectivity index is 2.19. The first-order chi connectivity index (χ1) is 12.8. The Bertz CT molecular complexity index is 952. The van der Waals surface area contributed by atoms with Gasteiger partial charge in [-0.2, -0.15) is 0 Å². The molecule has 2 aromatic carbocycles. The third kappa shape index (κ3) is 4.87. The van der Waals surface area contributed by atoms with Crippen LogP contribution in [0.4, 0.5) is 5.69 Å². The third-order valence-electron chi connectivity index (χ3n) is 3.73. The zero-order valence-corrected chi connectivity index (χ0v) is 16.4. The van der Waals surface area contributed by atoms with Crippen molar-refractivity contribution in [3.8, 4) is 11.5 Å². The number of hydrogen-bond acceptors (Lipinski definition) is 5. The number of carbonyl (C=O) groups excluding carboxylic acids is 1. The average Bonchev–Trinajstić information content (AvgIpc) is 2.65. The quantitative estimate of drug-likeness (QED) is 0.735. The molecular formula is C19H22N2O5S. The first-order valence-corrected chi connectivity index (χ1v) is 9.46. The van der Waals surface area contributed by atoms with Gasteiger partial charge < -0.3 is 14.8 Å². The van der Waals surface area contributed by atoms with E-state index in [1.165, 1.54) is 46.5 Å². The molecule has 0 unspecified atom stereocenters. The molecule has 0 atom stereocenters. The van der Waals surface area contributed by atoms with Crippen LogP contribution >= 0.6 is 0 Å². The number of methoxy groups -OCH3 is 2. The molecule has 0 fully saturated rings. The number of benzene rings is 2. The lowest BCUT2D eigenvalue weighted by Gasteiger charge is -2.12. The smallest absolute Gasteiger partial charge is 0.248 e. The standard InChI is InChI=1S/C19H22N2O5S/c1-21(2)27(23,24)16-9-6-8-15(13-16)20-18(22)12-11-14-7-5-10-17(25-3)19(14)26-4/h5-13H,1-4H3,(H,20,22)/b12-11+.